The number of carbonyl (C=O) groups is 4. The molecular weight excluding hydrogens is 1140 g/mol. The molecule has 2 atom stereocenters. The molecule has 0 saturated carbocycles. The van der Waals surface area contributed by atoms with Gasteiger partial charge in [-0.1, -0.05) is 65.3 Å². The molecule has 0 aliphatic carbocycles. The van der Waals surface area contributed by atoms with Crippen molar-refractivity contribution in [3.8, 4) is 0 Å². The van der Waals surface area contributed by atoms with E-state index in [4.69, 9.17) is 16.6 Å². The van der Waals surface area contributed by atoms with Crippen LogP contribution in [0.2, 0.25) is 5.15 Å². The van der Waals surface area contributed by atoms with Crippen LogP contribution in [0.15, 0.2) is 70.7 Å². The van der Waals surface area contributed by atoms with Crippen LogP contribution in [0, 0.1) is 22.7 Å². The van der Waals surface area contributed by atoms with E-state index in [-0.39, 0.29) is 54.9 Å². The van der Waals surface area contributed by atoms with Gasteiger partial charge in [-0.15, -0.1) is 0 Å². The Morgan fingerprint density at radius 3 is 1.54 bits per heavy atom. The van der Waals surface area contributed by atoms with E-state index in [0.717, 1.165) is 84.0 Å². The number of hydrogen-bond donors (Lipinski definition) is 5. The molecule has 4 aromatic rings. The maximum atomic E-state index is 13.6. The molecule has 4 saturated heterocycles. The molecule has 0 aromatic carbocycles. The van der Waals surface area contributed by atoms with Gasteiger partial charge in [0.05, 0.1) is 11.1 Å². The van der Waals surface area contributed by atoms with Gasteiger partial charge in [-0.25, -0.2) is 39.0 Å². The number of anilines is 5. The van der Waals surface area contributed by atoms with E-state index in [2.05, 4.69) is 119 Å². The molecule has 6 aliphatic heterocycles. The first-order valence-electron chi connectivity index (χ1n) is 29.8. The van der Waals surface area contributed by atoms with Crippen LogP contribution in [0.3, 0.4) is 0 Å². The van der Waals surface area contributed by atoms with Gasteiger partial charge in [-0.05, 0) is 163 Å². The second-order valence-corrected chi connectivity index (χ2v) is 30.4. The molecule has 4 aromatic heterocycles. The van der Waals surface area contributed by atoms with E-state index in [1.54, 1.807) is 41.3 Å². The van der Waals surface area contributed by atoms with Gasteiger partial charge in [-0.3, -0.25) is 14.5 Å². The highest BCUT2D eigenvalue weighted by Crippen LogP contribution is 2.42. The molecule has 22 nitrogen and oxygen atoms in total. The van der Waals surface area contributed by atoms with Crippen LogP contribution in [-0.4, -0.2) is 147 Å². The maximum absolute atomic E-state index is 13.6. The number of nitrogens with zero attached hydrogens (tertiary/aromatic N) is 9. The molecule has 4 fully saturated rings. The average Bonchev–Trinajstić information content (AvgIpc) is 2.16. The molecule has 0 unspecified atom stereocenters. The molecule has 85 heavy (non-hydrogen) atoms. The number of nitrogens with one attached hydrogen (secondary N) is 5. The monoisotopic (exact) mass is 1230 g/mol. The van der Waals surface area contributed by atoms with Crippen LogP contribution in [-0.2, 0) is 20.0 Å². The first-order chi connectivity index (χ1) is 39.9. The number of hydrogen-bond acceptors (Lipinski definition) is 16. The van der Waals surface area contributed by atoms with Crippen LogP contribution >= 0.6 is 11.6 Å². The van der Waals surface area contributed by atoms with Crippen LogP contribution in [0.1, 0.15) is 154 Å². The average molecular weight is 1230 g/mol. The van der Waals surface area contributed by atoms with Crippen molar-refractivity contribution in [2.24, 2.45) is 22.7 Å². The van der Waals surface area contributed by atoms with Gasteiger partial charge in [0.2, 0.25) is 0 Å². The Morgan fingerprint density at radius 1 is 0.576 bits per heavy atom. The van der Waals surface area contributed by atoms with Gasteiger partial charge in [-0.2, -0.15) is 16.8 Å². The summed E-state index contributed by atoms with van der Waals surface area (Å²) >= 11 is 6.14. The number of fused-ring (bicyclic) bond motifs is 12. The lowest BCUT2D eigenvalue weighted by Gasteiger charge is -2.34. The molecule has 0 radical (unpaired) electrons. The normalized spacial score (nSPS) is 21.8. The minimum atomic E-state index is -4.24. The highest BCUT2D eigenvalue weighted by molar-refractivity contribution is 7.90. The molecule has 6 aliphatic rings. The Balaban J connectivity index is 0.000000189. The smallest absolute Gasteiger partial charge is 0.325 e. The van der Waals surface area contributed by atoms with Crippen molar-refractivity contribution in [3.63, 3.8) is 0 Å². The van der Waals surface area contributed by atoms with Crippen molar-refractivity contribution in [1.82, 2.24) is 44.5 Å². The maximum Gasteiger partial charge on any atom is 0.325 e. The number of sulfonamides is 2. The van der Waals surface area contributed by atoms with E-state index in [9.17, 15) is 36.0 Å². The van der Waals surface area contributed by atoms with Crippen LogP contribution in [0.25, 0.3) is 0 Å². The molecule has 6 amide bonds. The van der Waals surface area contributed by atoms with E-state index in [0.29, 0.717) is 85.6 Å². The van der Waals surface area contributed by atoms with Crippen molar-refractivity contribution in [3.05, 3.63) is 76.9 Å². The van der Waals surface area contributed by atoms with Gasteiger partial charge in [0, 0.05) is 76.5 Å². The highest BCUT2D eigenvalue weighted by Gasteiger charge is 2.43. The number of amides is 6. The standard InChI is InChI=1S/C30H43N7O4S.C20H24ClN5O3S.C10H20N2O/c1-29(2,3)14-8-16-35-17-18-36(28(35)39)24-13-12-22-26(33-24)37-20-21(19-30(37,4)5)9-7-15-31-23-10-6-11-25(32-23)42(40,41)34-27(22)38;1-20(2)11-13-5-4-10-22-16-6-3-7-17(24-16)30(28,29)25-19(27)14-8-9-15(21)23-18(14)26(20)12-13;1-10(2,3)5-4-7-12-8-6-11-9(12)13/h6,10-13,21H,7-9,14-20H2,1-5H3,(H,31,32)(H,34,38);3,6-9,13H,4-5,10-12H2,1-2H3,(H,22,24)(H,25,27);4-8H2,1-3H3,(H,11,13)/t21-;13-;/m00./s1. The van der Waals surface area contributed by atoms with Crippen LogP contribution in [0.4, 0.5) is 38.7 Å². The minimum Gasteiger partial charge on any atom is -0.370 e. The zero-order chi connectivity index (χ0) is 61.7. The third-order valence-electron chi connectivity index (χ3n) is 16.3. The summed E-state index contributed by atoms with van der Waals surface area (Å²) in [5, 5.41) is 8.98. The Kier molecular flexibility index (Phi) is 19.9. The van der Waals surface area contributed by atoms with E-state index >= 15 is 0 Å². The fourth-order valence-electron chi connectivity index (χ4n) is 12.0. The van der Waals surface area contributed by atoms with Gasteiger partial charge in [0.25, 0.3) is 31.9 Å². The molecule has 0 spiro atoms. The predicted molar refractivity (Wildman–Crippen MR) is 332 cm³/mol. The fourth-order valence-corrected chi connectivity index (χ4v) is 14.0. The molecule has 10 rings (SSSR count). The third-order valence-corrected chi connectivity index (χ3v) is 19.0. The number of aromatic nitrogens is 4. The lowest BCUT2D eigenvalue weighted by Crippen LogP contribution is -2.41. The van der Waals surface area contributed by atoms with Gasteiger partial charge in [0.15, 0.2) is 10.1 Å². The lowest BCUT2D eigenvalue weighted by atomic mass is 9.90. The summed E-state index contributed by atoms with van der Waals surface area (Å²) in [6.45, 7) is 28.9. The summed E-state index contributed by atoms with van der Waals surface area (Å²) in [4.78, 5) is 78.4. The molecule has 5 N–H and O–H groups in total. The topological polar surface area (TPSA) is 264 Å². The predicted octanol–water partition coefficient (Wildman–Crippen LogP) is 9.37. The van der Waals surface area contributed by atoms with Gasteiger partial charge < -0.3 is 35.6 Å². The Morgan fingerprint density at radius 2 is 1.06 bits per heavy atom. The number of pyridine rings is 4. The van der Waals surface area contributed by atoms with Crippen LogP contribution in [0.5, 0.6) is 0 Å². The van der Waals surface area contributed by atoms with Gasteiger partial charge >= 0.3 is 12.1 Å². The van der Waals surface area contributed by atoms with Gasteiger partial charge in [0.1, 0.15) is 34.2 Å². The van der Waals surface area contributed by atoms with E-state index < -0.39 is 31.9 Å². The number of carbonyl (C=O) groups excluding carboxylic acids is 4. The summed E-state index contributed by atoms with van der Waals surface area (Å²) in [6, 6.07) is 15.6. The minimum absolute atomic E-state index is 0.0995. The zero-order valence-electron chi connectivity index (χ0n) is 51.1. The zero-order valence-corrected chi connectivity index (χ0v) is 53.4. The van der Waals surface area contributed by atoms with Crippen molar-refractivity contribution < 1.29 is 36.0 Å². The number of halogens is 1. The quantitative estimate of drug-likeness (QED) is 0.108. The Hall–Kier alpha value is -6.53. The second kappa shape index (κ2) is 26.2. The second-order valence-electron chi connectivity index (χ2n) is 26.7. The summed E-state index contributed by atoms with van der Waals surface area (Å²) in [5.41, 5.74) is 0.336. The highest BCUT2D eigenvalue weighted by atomic mass is 35.5. The molecule has 8 bridgehead atoms. The third kappa shape index (κ3) is 16.7. The molecule has 10 heterocycles. The molecular formula is C60H87ClN14O8S2. The molecule has 464 valence electrons. The first kappa shape index (κ1) is 64.5. The summed E-state index contributed by atoms with van der Waals surface area (Å²) < 4.78 is 56.3. The Bertz CT molecular complexity index is 3320. The summed E-state index contributed by atoms with van der Waals surface area (Å²) in [7, 11) is -8.40. The van der Waals surface area contributed by atoms with E-state index in [1.807, 2.05) is 9.80 Å². The summed E-state index contributed by atoms with van der Waals surface area (Å²) in [6.07, 6.45) is 9.82. The molecule has 25 heteroatoms. The first-order valence-corrected chi connectivity index (χ1v) is 33.1. The fraction of sp³-hybridized carbons (Fsp3) is 0.600. The lowest BCUT2D eigenvalue weighted by molar-refractivity contribution is 0.0972. The SMILES string of the molecule is CC(C)(C)CCCN1CCN(c2ccc3c(n2)N2C[C@@H](CCCNc4cccc(n4)S(=O)(=O)NC3=O)CC2(C)C)C1=O.CC(C)(C)CCCN1CCNC1=O.CC1(C)C[C@@H]2CCCNc3cccc(n3)S(=O)(=O)NC(=O)c3ccc(Cl)nc3N1C2. The Labute approximate surface area is 507 Å². The van der Waals surface area contributed by atoms with Crippen molar-refractivity contribution in [2.75, 3.05) is 90.8 Å². The van der Waals surface area contributed by atoms with Crippen LogP contribution < -0.4 is 40.1 Å². The van der Waals surface area contributed by atoms with E-state index in [1.165, 1.54) is 30.7 Å². The number of urea groups is 2. The van der Waals surface area contributed by atoms with Crippen molar-refractivity contribution >= 4 is 84.6 Å². The summed E-state index contributed by atoms with van der Waals surface area (Å²) in [5.74, 6) is 1.40. The number of rotatable bonds is 7. The largest absolute Gasteiger partial charge is 0.370 e. The van der Waals surface area contributed by atoms with Crippen molar-refractivity contribution in [2.45, 2.75) is 155 Å². The van der Waals surface area contributed by atoms with Crippen molar-refractivity contribution in [1.29, 1.82) is 0 Å².